The maximum absolute atomic E-state index is 11.9. The molecule has 0 bridgehead atoms. The minimum absolute atomic E-state index is 0.186. The van der Waals surface area contributed by atoms with Gasteiger partial charge in [0.1, 0.15) is 5.75 Å². The Morgan fingerprint density at radius 2 is 1.60 bits per heavy atom. The highest BCUT2D eigenvalue weighted by Gasteiger charge is 2.09. The van der Waals surface area contributed by atoms with Crippen molar-refractivity contribution in [3.05, 3.63) is 24.3 Å². The summed E-state index contributed by atoms with van der Waals surface area (Å²) in [7, 11) is -1.66. The highest BCUT2D eigenvalue weighted by Crippen LogP contribution is 2.16. The molecular weight excluding hydrogens is 274 g/mol. The Labute approximate surface area is 122 Å². The molecule has 0 aliphatic heterocycles. The smallest absolute Gasteiger partial charge is 0.232 e. The molecule has 1 rings (SSSR count). The topological polar surface area (TPSA) is 55.4 Å². The van der Waals surface area contributed by atoms with Gasteiger partial charge in [-0.2, -0.15) is 0 Å². The molecule has 4 nitrogen and oxygen atoms in total. The van der Waals surface area contributed by atoms with Gasteiger partial charge in [0.2, 0.25) is 10.0 Å². The van der Waals surface area contributed by atoms with E-state index in [0.29, 0.717) is 11.4 Å². The van der Waals surface area contributed by atoms with Crippen LogP contribution in [0.1, 0.15) is 45.4 Å². The second kappa shape index (κ2) is 8.84. The Morgan fingerprint density at radius 3 is 2.20 bits per heavy atom. The largest absolute Gasteiger partial charge is 0.497 e. The molecule has 1 N–H and O–H groups in total. The van der Waals surface area contributed by atoms with Crippen LogP contribution in [0.3, 0.4) is 0 Å². The van der Waals surface area contributed by atoms with Crippen molar-refractivity contribution in [3.63, 3.8) is 0 Å². The Morgan fingerprint density at radius 1 is 1.00 bits per heavy atom. The van der Waals surface area contributed by atoms with Gasteiger partial charge < -0.3 is 4.74 Å². The SMILES string of the molecule is CCCCCCCCS(=O)(=O)Nc1ccc(OC)cc1. The van der Waals surface area contributed by atoms with Gasteiger partial charge in [-0.25, -0.2) is 8.42 Å². The minimum Gasteiger partial charge on any atom is -0.497 e. The summed E-state index contributed by atoms with van der Waals surface area (Å²) < 4.78 is 31.4. The van der Waals surface area contributed by atoms with E-state index in [0.717, 1.165) is 19.3 Å². The van der Waals surface area contributed by atoms with Crippen molar-refractivity contribution in [3.8, 4) is 5.75 Å². The van der Waals surface area contributed by atoms with Crippen LogP contribution in [0.25, 0.3) is 0 Å². The molecule has 0 aromatic heterocycles. The fourth-order valence-electron chi connectivity index (χ4n) is 1.96. The molecule has 0 fully saturated rings. The van der Waals surface area contributed by atoms with Gasteiger partial charge in [-0.05, 0) is 30.7 Å². The molecule has 0 saturated heterocycles. The van der Waals surface area contributed by atoms with Crippen molar-refractivity contribution < 1.29 is 13.2 Å². The number of unbranched alkanes of at least 4 members (excludes halogenated alkanes) is 5. The summed E-state index contributed by atoms with van der Waals surface area (Å²) in [5.74, 6) is 0.898. The predicted molar refractivity (Wildman–Crippen MR) is 83.8 cm³/mol. The normalized spacial score (nSPS) is 11.3. The first-order chi connectivity index (χ1) is 9.57. The fourth-order valence-corrected chi connectivity index (χ4v) is 3.14. The van der Waals surface area contributed by atoms with Crippen LogP contribution in [-0.2, 0) is 10.0 Å². The molecule has 0 spiro atoms. The first kappa shape index (κ1) is 16.8. The lowest BCUT2D eigenvalue weighted by molar-refractivity contribution is 0.415. The van der Waals surface area contributed by atoms with Crippen LogP contribution in [-0.4, -0.2) is 21.3 Å². The molecule has 114 valence electrons. The van der Waals surface area contributed by atoms with Crippen molar-refractivity contribution in [1.29, 1.82) is 0 Å². The minimum atomic E-state index is -3.24. The Balaban J connectivity index is 2.33. The van der Waals surface area contributed by atoms with E-state index in [9.17, 15) is 8.42 Å². The van der Waals surface area contributed by atoms with E-state index in [2.05, 4.69) is 11.6 Å². The molecule has 0 unspecified atom stereocenters. The third-order valence-corrected chi connectivity index (χ3v) is 4.50. The van der Waals surface area contributed by atoms with Gasteiger partial charge in [-0.15, -0.1) is 0 Å². The first-order valence-corrected chi connectivity index (χ1v) is 8.87. The number of hydrogen-bond donors (Lipinski definition) is 1. The summed E-state index contributed by atoms with van der Waals surface area (Å²) in [5, 5.41) is 0. The van der Waals surface area contributed by atoms with Gasteiger partial charge in [-0.3, -0.25) is 4.72 Å². The fraction of sp³-hybridized carbons (Fsp3) is 0.600. The summed E-state index contributed by atoms with van der Waals surface area (Å²) in [5.41, 5.74) is 0.580. The van der Waals surface area contributed by atoms with E-state index in [1.807, 2.05) is 0 Å². The highest BCUT2D eigenvalue weighted by atomic mass is 32.2. The predicted octanol–water partition coefficient (Wildman–Crippen LogP) is 3.80. The third-order valence-electron chi connectivity index (χ3n) is 3.13. The van der Waals surface area contributed by atoms with Gasteiger partial charge in [0.15, 0.2) is 0 Å². The summed E-state index contributed by atoms with van der Waals surface area (Å²) in [6, 6.07) is 6.89. The lowest BCUT2D eigenvalue weighted by atomic mass is 10.1. The maximum Gasteiger partial charge on any atom is 0.232 e. The molecule has 0 saturated carbocycles. The van der Waals surface area contributed by atoms with Crippen LogP contribution < -0.4 is 9.46 Å². The maximum atomic E-state index is 11.9. The van der Waals surface area contributed by atoms with E-state index < -0.39 is 10.0 Å². The monoisotopic (exact) mass is 299 g/mol. The molecule has 0 amide bonds. The second-order valence-corrected chi connectivity index (χ2v) is 6.76. The number of rotatable bonds is 10. The summed E-state index contributed by atoms with van der Waals surface area (Å²) in [6.07, 6.45) is 6.45. The number of ether oxygens (including phenoxy) is 1. The molecular formula is C15H25NO3S. The summed E-state index contributed by atoms with van der Waals surface area (Å²) in [4.78, 5) is 0. The van der Waals surface area contributed by atoms with E-state index >= 15 is 0 Å². The van der Waals surface area contributed by atoms with E-state index in [4.69, 9.17) is 4.74 Å². The van der Waals surface area contributed by atoms with E-state index in [-0.39, 0.29) is 5.75 Å². The first-order valence-electron chi connectivity index (χ1n) is 7.22. The molecule has 0 aliphatic carbocycles. The Hall–Kier alpha value is -1.23. The zero-order valence-electron chi connectivity index (χ0n) is 12.4. The summed E-state index contributed by atoms with van der Waals surface area (Å²) in [6.45, 7) is 2.17. The van der Waals surface area contributed by atoms with Crippen molar-refractivity contribution in [1.82, 2.24) is 0 Å². The van der Waals surface area contributed by atoms with Crippen LogP contribution in [0.15, 0.2) is 24.3 Å². The van der Waals surface area contributed by atoms with Crippen LogP contribution in [0.5, 0.6) is 5.75 Å². The Bertz CT molecular complexity index is 468. The number of methoxy groups -OCH3 is 1. The van der Waals surface area contributed by atoms with Gasteiger partial charge in [-0.1, -0.05) is 39.0 Å². The second-order valence-electron chi connectivity index (χ2n) is 4.92. The lowest BCUT2D eigenvalue weighted by Gasteiger charge is -2.08. The molecule has 1 aromatic rings. The van der Waals surface area contributed by atoms with Crippen LogP contribution in [0, 0.1) is 0 Å². The van der Waals surface area contributed by atoms with Crippen molar-refractivity contribution >= 4 is 15.7 Å². The van der Waals surface area contributed by atoms with Crippen LogP contribution in [0.2, 0.25) is 0 Å². The number of anilines is 1. The number of sulfonamides is 1. The van der Waals surface area contributed by atoms with Gasteiger partial charge in [0, 0.05) is 5.69 Å². The summed E-state index contributed by atoms with van der Waals surface area (Å²) >= 11 is 0. The van der Waals surface area contributed by atoms with Gasteiger partial charge in [0.05, 0.1) is 12.9 Å². The van der Waals surface area contributed by atoms with Crippen molar-refractivity contribution in [2.24, 2.45) is 0 Å². The van der Waals surface area contributed by atoms with Gasteiger partial charge in [0.25, 0.3) is 0 Å². The van der Waals surface area contributed by atoms with Crippen molar-refractivity contribution in [2.45, 2.75) is 45.4 Å². The van der Waals surface area contributed by atoms with Gasteiger partial charge >= 0.3 is 0 Å². The van der Waals surface area contributed by atoms with Crippen LogP contribution in [0.4, 0.5) is 5.69 Å². The number of nitrogens with one attached hydrogen (secondary N) is 1. The molecule has 20 heavy (non-hydrogen) atoms. The highest BCUT2D eigenvalue weighted by molar-refractivity contribution is 7.92. The molecule has 0 radical (unpaired) electrons. The Kier molecular flexibility index (Phi) is 7.44. The van der Waals surface area contributed by atoms with E-state index in [1.165, 1.54) is 19.3 Å². The zero-order valence-corrected chi connectivity index (χ0v) is 13.2. The molecule has 0 atom stereocenters. The average molecular weight is 299 g/mol. The lowest BCUT2D eigenvalue weighted by Crippen LogP contribution is -2.16. The average Bonchev–Trinajstić information content (AvgIpc) is 2.43. The number of benzene rings is 1. The third kappa shape index (κ3) is 6.80. The van der Waals surface area contributed by atoms with Crippen LogP contribution >= 0.6 is 0 Å². The standard InChI is InChI=1S/C15H25NO3S/c1-3-4-5-6-7-8-13-20(17,18)16-14-9-11-15(19-2)12-10-14/h9-12,16H,3-8,13H2,1-2H3. The van der Waals surface area contributed by atoms with Crippen molar-refractivity contribution in [2.75, 3.05) is 17.6 Å². The molecule has 0 aliphatic rings. The molecule has 0 heterocycles. The zero-order chi connectivity index (χ0) is 14.8. The number of hydrogen-bond acceptors (Lipinski definition) is 3. The van der Waals surface area contributed by atoms with E-state index in [1.54, 1.807) is 31.4 Å². The quantitative estimate of drug-likeness (QED) is 0.669. The molecule has 5 heteroatoms. The molecule has 1 aromatic carbocycles.